The van der Waals surface area contributed by atoms with E-state index in [1.165, 1.54) is 37.6 Å². The lowest BCUT2D eigenvalue weighted by Crippen LogP contribution is -2.21. The number of anilines is 1. The Bertz CT molecular complexity index is 718. The van der Waals surface area contributed by atoms with E-state index in [1.807, 2.05) is 0 Å². The second kappa shape index (κ2) is 7.49. The summed E-state index contributed by atoms with van der Waals surface area (Å²) in [6.07, 6.45) is 2.99. The molecule has 1 amide bonds. The first-order valence-electron chi connectivity index (χ1n) is 7.09. The van der Waals surface area contributed by atoms with E-state index in [4.69, 9.17) is 4.74 Å². The maximum atomic E-state index is 13.2. The van der Waals surface area contributed by atoms with Crippen LogP contribution in [0.2, 0.25) is 0 Å². The van der Waals surface area contributed by atoms with Crippen molar-refractivity contribution in [1.82, 2.24) is 4.98 Å². The van der Waals surface area contributed by atoms with Crippen LogP contribution in [0.3, 0.4) is 0 Å². The van der Waals surface area contributed by atoms with Crippen LogP contribution in [0.15, 0.2) is 42.7 Å². The summed E-state index contributed by atoms with van der Waals surface area (Å²) in [5, 5.41) is 2.66. The van der Waals surface area contributed by atoms with Crippen molar-refractivity contribution in [2.75, 3.05) is 12.4 Å². The molecule has 0 bridgehead atoms. The van der Waals surface area contributed by atoms with Gasteiger partial charge < -0.3 is 10.1 Å². The molecule has 23 heavy (non-hydrogen) atoms. The zero-order chi connectivity index (χ0) is 16.8. The third-order valence-electron chi connectivity index (χ3n) is 3.32. The summed E-state index contributed by atoms with van der Waals surface area (Å²) in [6.45, 7) is 1.63. The number of hydrogen-bond acceptors (Lipinski definition) is 4. The lowest BCUT2D eigenvalue weighted by Gasteiger charge is -2.12. The van der Waals surface area contributed by atoms with Crippen molar-refractivity contribution >= 4 is 17.4 Å². The molecule has 1 atom stereocenters. The number of nitrogens with one attached hydrogen (secondary N) is 1. The van der Waals surface area contributed by atoms with Crippen molar-refractivity contribution in [1.29, 1.82) is 0 Å². The molecule has 120 valence electrons. The number of halogens is 1. The number of rotatable bonds is 6. The van der Waals surface area contributed by atoms with Gasteiger partial charge in [0.05, 0.1) is 13.3 Å². The Balaban J connectivity index is 2.01. The van der Waals surface area contributed by atoms with Crippen LogP contribution in [-0.4, -0.2) is 23.8 Å². The standard InChI is InChI=1S/C17H17FN2O3/c1-11(17(22)12-4-3-5-13(18)9-12)8-16(21)20-14-10-19-7-6-15(14)23-2/h3-7,9-11H,8H2,1-2H3,(H,20,21). The summed E-state index contributed by atoms with van der Waals surface area (Å²) in [6, 6.07) is 7.06. The first-order valence-corrected chi connectivity index (χ1v) is 7.09. The number of hydrogen-bond donors (Lipinski definition) is 1. The number of nitrogens with zero attached hydrogens (tertiary/aromatic N) is 1. The Kier molecular flexibility index (Phi) is 5.41. The maximum absolute atomic E-state index is 13.2. The van der Waals surface area contributed by atoms with Crippen LogP contribution in [-0.2, 0) is 4.79 Å². The molecule has 0 aliphatic heterocycles. The third kappa shape index (κ3) is 4.35. The number of ether oxygens (including phenoxy) is 1. The fourth-order valence-electron chi connectivity index (χ4n) is 2.15. The minimum atomic E-state index is -0.570. The highest BCUT2D eigenvalue weighted by atomic mass is 19.1. The number of aromatic nitrogens is 1. The van der Waals surface area contributed by atoms with Gasteiger partial charge in [-0.05, 0) is 12.1 Å². The minimum absolute atomic E-state index is 0.0204. The second-order valence-corrected chi connectivity index (χ2v) is 5.10. The summed E-state index contributed by atoms with van der Waals surface area (Å²) in [4.78, 5) is 28.2. The van der Waals surface area contributed by atoms with Gasteiger partial charge in [0.2, 0.25) is 5.91 Å². The van der Waals surface area contributed by atoms with Crippen LogP contribution in [0, 0.1) is 11.7 Å². The fraction of sp³-hybridized carbons (Fsp3) is 0.235. The molecule has 0 aliphatic rings. The molecule has 1 aromatic heterocycles. The van der Waals surface area contributed by atoms with Gasteiger partial charge in [0.1, 0.15) is 17.3 Å². The van der Waals surface area contributed by atoms with Crippen molar-refractivity contribution in [3.8, 4) is 5.75 Å². The largest absolute Gasteiger partial charge is 0.494 e. The molecule has 6 heteroatoms. The monoisotopic (exact) mass is 316 g/mol. The molecular weight excluding hydrogens is 299 g/mol. The normalized spacial score (nSPS) is 11.6. The first-order chi connectivity index (χ1) is 11.0. The van der Waals surface area contributed by atoms with E-state index in [0.717, 1.165) is 0 Å². The lowest BCUT2D eigenvalue weighted by molar-refractivity contribution is -0.116. The minimum Gasteiger partial charge on any atom is -0.494 e. The average molecular weight is 316 g/mol. The molecule has 2 aromatic rings. The van der Waals surface area contributed by atoms with Gasteiger partial charge in [-0.1, -0.05) is 19.1 Å². The van der Waals surface area contributed by atoms with Crippen molar-refractivity contribution in [2.24, 2.45) is 5.92 Å². The molecule has 0 aliphatic carbocycles. The van der Waals surface area contributed by atoms with Crippen LogP contribution in [0.1, 0.15) is 23.7 Å². The van der Waals surface area contributed by atoms with E-state index >= 15 is 0 Å². The molecule has 5 nitrogen and oxygen atoms in total. The number of benzene rings is 1. The van der Waals surface area contributed by atoms with Gasteiger partial charge in [0.15, 0.2) is 5.78 Å². The molecule has 2 rings (SSSR count). The number of methoxy groups -OCH3 is 1. The Morgan fingerprint density at radius 3 is 2.83 bits per heavy atom. The van der Waals surface area contributed by atoms with Gasteiger partial charge in [-0.2, -0.15) is 0 Å². The van der Waals surface area contributed by atoms with Crippen molar-refractivity contribution < 1.29 is 18.7 Å². The van der Waals surface area contributed by atoms with Gasteiger partial charge in [-0.3, -0.25) is 14.6 Å². The highest BCUT2D eigenvalue weighted by molar-refractivity contribution is 6.01. The zero-order valence-corrected chi connectivity index (χ0v) is 12.9. The maximum Gasteiger partial charge on any atom is 0.225 e. The molecule has 1 aromatic carbocycles. The van der Waals surface area contributed by atoms with Crippen LogP contribution >= 0.6 is 0 Å². The Morgan fingerprint density at radius 2 is 2.13 bits per heavy atom. The molecule has 0 fully saturated rings. The van der Waals surface area contributed by atoms with Crippen molar-refractivity contribution in [3.05, 3.63) is 54.1 Å². The quantitative estimate of drug-likeness (QED) is 0.832. The number of carbonyl (C=O) groups is 2. The summed E-state index contributed by atoms with van der Waals surface area (Å²) in [5.41, 5.74) is 0.690. The lowest BCUT2D eigenvalue weighted by atomic mass is 9.96. The summed E-state index contributed by atoms with van der Waals surface area (Å²) in [5.74, 6) is -1.18. The molecule has 0 radical (unpaired) electrons. The smallest absolute Gasteiger partial charge is 0.225 e. The SMILES string of the molecule is COc1ccncc1NC(=O)CC(C)C(=O)c1cccc(F)c1. The van der Waals surface area contributed by atoms with Crippen LogP contribution in [0.25, 0.3) is 0 Å². The van der Waals surface area contributed by atoms with E-state index < -0.39 is 11.7 Å². The fourth-order valence-corrected chi connectivity index (χ4v) is 2.15. The topological polar surface area (TPSA) is 68.3 Å². The molecular formula is C17H17FN2O3. The van der Waals surface area contributed by atoms with Crippen molar-refractivity contribution in [3.63, 3.8) is 0 Å². The van der Waals surface area contributed by atoms with E-state index in [-0.39, 0.29) is 23.7 Å². The summed E-state index contributed by atoms with van der Waals surface area (Å²) in [7, 11) is 1.49. The highest BCUT2D eigenvalue weighted by Crippen LogP contribution is 2.22. The Morgan fingerprint density at radius 1 is 1.35 bits per heavy atom. The molecule has 1 N–H and O–H groups in total. The number of carbonyl (C=O) groups excluding carboxylic acids is 2. The van der Waals surface area contributed by atoms with Crippen LogP contribution < -0.4 is 10.1 Å². The summed E-state index contributed by atoms with van der Waals surface area (Å²) < 4.78 is 18.3. The van der Waals surface area contributed by atoms with Gasteiger partial charge in [-0.15, -0.1) is 0 Å². The van der Waals surface area contributed by atoms with Gasteiger partial charge >= 0.3 is 0 Å². The number of amides is 1. The Labute approximate surface area is 133 Å². The third-order valence-corrected chi connectivity index (χ3v) is 3.32. The van der Waals surface area contributed by atoms with E-state index in [1.54, 1.807) is 19.2 Å². The number of pyridine rings is 1. The molecule has 0 spiro atoms. The molecule has 1 heterocycles. The van der Waals surface area contributed by atoms with Crippen LogP contribution in [0.4, 0.5) is 10.1 Å². The van der Waals surface area contributed by atoms with E-state index in [0.29, 0.717) is 11.4 Å². The van der Waals surface area contributed by atoms with Crippen molar-refractivity contribution in [2.45, 2.75) is 13.3 Å². The number of ketones is 1. The average Bonchev–Trinajstić information content (AvgIpc) is 2.54. The van der Waals surface area contributed by atoms with Gasteiger partial charge in [-0.25, -0.2) is 4.39 Å². The highest BCUT2D eigenvalue weighted by Gasteiger charge is 2.19. The van der Waals surface area contributed by atoms with Crippen LogP contribution in [0.5, 0.6) is 5.75 Å². The zero-order valence-electron chi connectivity index (χ0n) is 12.9. The predicted molar refractivity (Wildman–Crippen MR) is 83.9 cm³/mol. The number of Topliss-reactive ketones (excluding diaryl/α,β-unsaturated/α-hetero) is 1. The first kappa shape index (κ1) is 16.6. The van der Waals surface area contributed by atoms with Gasteiger partial charge in [0.25, 0.3) is 0 Å². The Hall–Kier alpha value is -2.76. The molecule has 1 unspecified atom stereocenters. The summed E-state index contributed by atoms with van der Waals surface area (Å²) >= 11 is 0. The molecule has 0 saturated heterocycles. The second-order valence-electron chi connectivity index (χ2n) is 5.10. The van der Waals surface area contributed by atoms with E-state index in [2.05, 4.69) is 10.3 Å². The van der Waals surface area contributed by atoms with E-state index in [9.17, 15) is 14.0 Å². The molecule has 0 saturated carbocycles. The predicted octanol–water partition coefficient (Wildman–Crippen LogP) is 3.08. The van der Waals surface area contributed by atoms with Gasteiger partial charge in [0, 0.05) is 30.2 Å².